The van der Waals surface area contributed by atoms with Crippen LogP contribution in [0.15, 0.2) is 11.6 Å². The second kappa shape index (κ2) is 18.2. The summed E-state index contributed by atoms with van der Waals surface area (Å²) < 4.78 is 12.2. The molecule has 0 heterocycles. The number of unbranched alkanes of at least 4 members (excludes halogenated alkanes) is 2. The Hall–Kier alpha value is -1.11. The maximum absolute atomic E-state index is 13.6. The summed E-state index contributed by atoms with van der Waals surface area (Å²) in [5, 5.41) is 0. The predicted octanol–water partition coefficient (Wildman–Crippen LogP) is 9.29. The third kappa shape index (κ3) is 10.5. The van der Waals surface area contributed by atoms with E-state index >= 15 is 0 Å². The van der Waals surface area contributed by atoms with Gasteiger partial charge in [0.25, 0.3) is 0 Å². The van der Waals surface area contributed by atoms with E-state index in [0.717, 1.165) is 108 Å². The molecule has 3 saturated carbocycles. The van der Waals surface area contributed by atoms with Gasteiger partial charge in [0.15, 0.2) is 0 Å². The van der Waals surface area contributed by atoms with Crippen LogP contribution in [0.25, 0.3) is 0 Å². The van der Waals surface area contributed by atoms with Crippen LogP contribution < -0.4 is 0 Å². The molecule has 0 N–H and O–H groups in total. The number of hydrogen-bond acceptors (Lipinski definition) is 5. The van der Waals surface area contributed by atoms with Gasteiger partial charge >= 0.3 is 6.09 Å². The van der Waals surface area contributed by atoms with Gasteiger partial charge in [-0.15, -0.1) is 0 Å². The van der Waals surface area contributed by atoms with E-state index in [0.29, 0.717) is 10.8 Å². The van der Waals surface area contributed by atoms with Crippen molar-refractivity contribution in [3.8, 4) is 0 Å². The highest BCUT2D eigenvalue weighted by atomic mass is 16.6. The first-order chi connectivity index (χ1) is 22.4. The topological polar surface area (TPSA) is 45.2 Å². The van der Waals surface area contributed by atoms with Gasteiger partial charge in [-0.1, -0.05) is 58.6 Å². The monoisotopic (exact) mass is 658 g/mol. The second-order valence-electron chi connectivity index (χ2n) is 17.6. The van der Waals surface area contributed by atoms with Crippen molar-refractivity contribution in [2.45, 2.75) is 137 Å². The number of amides is 1. The molecule has 0 aromatic rings. The van der Waals surface area contributed by atoms with Crippen molar-refractivity contribution in [2.75, 3.05) is 67.6 Å². The summed E-state index contributed by atoms with van der Waals surface area (Å²) in [4.78, 5) is 20.0. The SMILES string of the molecule is CC(C)CCCCC1CCC2C3CC=C4CC(OC(=O)N(CCCCOCCCN(C)C)CCCN(C)C)CCC4(C)C3CCC12C. The van der Waals surface area contributed by atoms with Crippen molar-refractivity contribution in [1.82, 2.24) is 14.7 Å². The van der Waals surface area contributed by atoms with Gasteiger partial charge in [0.1, 0.15) is 6.10 Å². The number of fused-ring (bicyclic) bond motifs is 5. The van der Waals surface area contributed by atoms with E-state index in [1.54, 1.807) is 5.57 Å². The van der Waals surface area contributed by atoms with Crippen LogP contribution in [-0.4, -0.2) is 94.5 Å². The number of hydrogen-bond donors (Lipinski definition) is 0. The number of nitrogens with zero attached hydrogens (tertiary/aromatic N) is 3. The normalized spacial score (nSPS) is 31.9. The van der Waals surface area contributed by atoms with Crippen molar-refractivity contribution in [3.05, 3.63) is 11.6 Å². The molecule has 3 fully saturated rings. The minimum atomic E-state index is -0.0997. The van der Waals surface area contributed by atoms with Gasteiger partial charge in [-0.3, -0.25) is 0 Å². The number of ether oxygens (including phenoxy) is 2. The molecule has 0 bridgehead atoms. The van der Waals surface area contributed by atoms with E-state index in [9.17, 15) is 4.79 Å². The Kier molecular flexibility index (Phi) is 15.0. The fourth-order valence-electron chi connectivity index (χ4n) is 10.4. The summed E-state index contributed by atoms with van der Waals surface area (Å²) in [6.45, 7) is 15.1. The maximum atomic E-state index is 13.6. The molecule has 0 saturated heterocycles. The molecule has 272 valence electrons. The van der Waals surface area contributed by atoms with Gasteiger partial charge in [-0.2, -0.15) is 0 Å². The third-order valence-corrected chi connectivity index (χ3v) is 13.3. The van der Waals surface area contributed by atoms with Crippen molar-refractivity contribution < 1.29 is 14.3 Å². The number of rotatable bonds is 19. The second-order valence-corrected chi connectivity index (χ2v) is 17.6. The highest BCUT2D eigenvalue weighted by molar-refractivity contribution is 5.67. The zero-order valence-corrected chi connectivity index (χ0v) is 32.2. The standard InChI is InChI=1S/C41H75N3O3/c1-32(2)15-9-10-16-33-18-20-37-36-19-17-34-31-35(21-23-41(34,4)38(36)22-24-40(33,37)3)47-39(45)44(28-13-25-42(5)6)27-11-12-29-46-30-14-26-43(7)8/h17,32-33,35-38H,9-16,18-31H2,1-8H3. The Morgan fingerprint density at radius 3 is 2.30 bits per heavy atom. The Balaban J connectivity index is 1.28. The average Bonchev–Trinajstić information content (AvgIpc) is 3.35. The minimum absolute atomic E-state index is 0.0188. The Labute approximate surface area is 290 Å². The fourth-order valence-corrected chi connectivity index (χ4v) is 10.4. The largest absolute Gasteiger partial charge is 0.446 e. The quantitative estimate of drug-likeness (QED) is 0.102. The van der Waals surface area contributed by atoms with Crippen LogP contribution in [0.1, 0.15) is 130 Å². The van der Waals surface area contributed by atoms with Crippen LogP contribution in [0.2, 0.25) is 0 Å². The smallest absolute Gasteiger partial charge is 0.410 e. The summed E-state index contributed by atoms with van der Waals surface area (Å²) in [5.74, 6) is 4.34. The molecule has 1 amide bonds. The van der Waals surface area contributed by atoms with E-state index in [-0.39, 0.29) is 12.2 Å². The van der Waals surface area contributed by atoms with Gasteiger partial charge in [0, 0.05) is 32.7 Å². The average molecular weight is 658 g/mol. The molecule has 7 atom stereocenters. The molecule has 47 heavy (non-hydrogen) atoms. The lowest BCUT2D eigenvalue weighted by atomic mass is 9.47. The van der Waals surface area contributed by atoms with E-state index < -0.39 is 0 Å². The maximum Gasteiger partial charge on any atom is 0.410 e. The lowest BCUT2D eigenvalue weighted by Gasteiger charge is -2.58. The lowest BCUT2D eigenvalue weighted by molar-refractivity contribution is -0.0534. The first-order valence-corrected chi connectivity index (χ1v) is 20.0. The number of carbonyl (C=O) groups excluding carboxylic acids is 1. The van der Waals surface area contributed by atoms with E-state index in [1.807, 2.05) is 4.90 Å². The summed E-state index contributed by atoms with van der Waals surface area (Å²) in [7, 11) is 8.40. The highest BCUT2D eigenvalue weighted by Gasteiger charge is 2.58. The molecule has 4 aliphatic rings. The molecule has 0 radical (unpaired) electrons. The summed E-state index contributed by atoms with van der Waals surface area (Å²) in [6.07, 6.45) is 22.4. The predicted molar refractivity (Wildman–Crippen MR) is 197 cm³/mol. The molecule has 4 aliphatic carbocycles. The van der Waals surface area contributed by atoms with Crippen LogP contribution in [0.5, 0.6) is 0 Å². The van der Waals surface area contributed by atoms with Crippen LogP contribution in [-0.2, 0) is 9.47 Å². The van der Waals surface area contributed by atoms with Crippen LogP contribution >= 0.6 is 0 Å². The van der Waals surface area contributed by atoms with E-state index in [1.165, 1.54) is 64.2 Å². The highest BCUT2D eigenvalue weighted by Crippen LogP contribution is 2.66. The lowest BCUT2D eigenvalue weighted by Crippen LogP contribution is -2.50. The zero-order chi connectivity index (χ0) is 34.0. The minimum Gasteiger partial charge on any atom is -0.446 e. The van der Waals surface area contributed by atoms with Gasteiger partial charge in [-0.05, 0) is 159 Å². The van der Waals surface area contributed by atoms with Gasteiger partial charge in [0.05, 0.1) is 0 Å². The van der Waals surface area contributed by atoms with Gasteiger partial charge < -0.3 is 24.2 Å². The Morgan fingerprint density at radius 2 is 1.55 bits per heavy atom. The molecular formula is C41H75N3O3. The van der Waals surface area contributed by atoms with Crippen molar-refractivity contribution >= 4 is 6.09 Å². The molecule has 4 rings (SSSR count). The Bertz CT molecular complexity index is 981. The molecule has 0 aromatic heterocycles. The summed E-state index contributed by atoms with van der Waals surface area (Å²) in [6, 6.07) is 0. The third-order valence-electron chi connectivity index (χ3n) is 13.3. The zero-order valence-electron chi connectivity index (χ0n) is 32.2. The van der Waals surface area contributed by atoms with Gasteiger partial charge in [-0.25, -0.2) is 4.79 Å². The first kappa shape index (κ1) is 38.7. The summed E-state index contributed by atoms with van der Waals surface area (Å²) in [5.41, 5.74) is 2.46. The van der Waals surface area contributed by atoms with E-state index in [4.69, 9.17) is 9.47 Å². The van der Waals surface area contributed by atoms with Gasteiger partial charge in [0.2, 0.25) is 0 Å². The van der Waals surface area contributed by atoms with Crippen LogP contribution in [0.3, 0.4) is 0 Å². The number of allylic oxidation sites excluding steroid dienone is 1. The van der Waals surface area contributed by atoms with E-state index in [2.05, 4.69) is 71.8 Å². The Morgan fingerprint density at radius 1 is 0.830 bits per heavy atom. The first-order valence-electron chi connectivity index (χ1n) is 20.0. The molecular weight excluding hydrogens is 582 g/mol. The molecule has 0 aliphatic heterocycles. The number of carbonyl (C=O) groups is 1. The van der Waals surface area contributed by atoms with Crippen LogP contribution in [0, 0.1) is 40.4 Å². The molecule has 6 heteroatoms. The van der Waals surface area contributed by atoms with Crippen molar-refractivity contribution in [3.63, 3.8) is 0 Å². The fraction of sp³-hybridized carbons (Fsp3) is 0.927. The van der Waals surface area contributed by atoms with Crippen molar-refractivity contribution in [1.29, 1.82) is 0 Å². The summed E-state index contributed by atoms with van der Waals surface area (Å²) >= 11 is 0. The molecule has 7 unspecified atom stereocenters. The van der Waals surface area contributed by atoms with Crippen LogP contribution in [0.4, 0.5) is 4.79 Å². The van der Waals surface area contributed by atoms with Crippen molar-refractivity contribution in [2.24, 2.45) is 40.4 Å². The molecule has 6 nitrogen and oxygen atoms in total. The molecule has 0 aromatic carbocycles. The molecule has 0 spiro atoms.